The van der Waals surface area contributed by atoms with Crippen LogP contribution < -0.4 is 10.6 Å². The number of nitrogens with one attached hydrogen (secondary N) is 2. The maximum Gasteiger partial charge on any atom is 0.412 e. The van der Waals surface area contributed by atoms with Crippen LogP contribution >= 0.6 is 0 Å². The van der Waals surface area contributed by atoms with Gasteiger partial charge in [0, 0.05) is 5.69 Å². The highest BCUT2D eigenvalue weighted by Crippen LogP contribution is 2.12. The first-order valence-corrected chi connectivity index (χ1v) is 6.19. The van der Waals surface area contributed by atoms with Crippen LogP contribution in [-0.2, 0) is 16.1 Å². The normalized spacial score (nSPS) is 10.0. The molecule has 0 aliphatic heterocycles. The Morgan fingerprint density at radius 3 is 2.76 bits per heavy atom. The van der Waals surface area contributed by atoms with Gasteiger partial charge in [0.2, 0.25) is 5.91 Å². The number of rotatable bonds is 4. The van der Waals surface area contributed by atoms with Gasteiger partial charge in [-0.05, 0) is 18.6 Å². The van der Waals surface area contributed by atoms with E-state index in [2.05, 4.69) is 25.6 Å². The molecule has 0 radical (unpaired) electrons. The van der Waals surface area contributed by atoms with Gasteiger partial charge < -0.3 is 10.1 Å². The first kappa shape index (κ1) is 14.5. The van der Waals surface area contributed by atoms with E-state index in [-0.39, 0.29) is 18.3 Å². The van der Waals surface area contributed by atoms with E-state index < -0.39 is 6.09 Å². The van der Waals surface area contributed by atoms with Gasteiger partial charge >= 0.3 is 6.09 Å². The van der Waals surface area contributed by atoms with Crippen molar-refractivity contribution in [1.29, 1.82) is 0 Å². The van der Waals surface area contributed by atoms with E-state index in [1.807, 2.05) is 31.2 Å². The molecule has 0 saturated carbocycles. The molecule has 1 aromatic heterocycles. The molecule has 0 spiro atoms. The smallest absolute Gasteiger partial charge is 0.412 e. The second-order valence-corrected chi connectivity index (χ2v) is 4.24. The predicted molar refractivity (Wildman–Crippen MR) is 75.9 cm³/mol. The zero-order valence-corrected chi connectivity index (χ0v) is 11.7. The van der Waals surface area contributed by atoms with Crippen molar-refractivity contribution in [2.24, 2.45) is 0 Å². The van der Waals surface area contributed by atoms with Crippen LogP contribution in [-0.4, -0.2) is 34.1 Å². The third-order valence-corrected chi connectivity index (χ3v) is 2.66. The lowest BCUT2D eigenvalue weighted by atomic mass is 10.2. The molecular formula is C13H15N5O3. The highest BCUT2D eigenvalue weighted by Gasteiger charge is 2.09. The summed E-state index contributed by atoms with van der Waals surface area (Å²) in [6.45, 7) is 1.84. The monoisotopic (exact) mass is 289 g/mol. The van der Waals surface area contributed by atoms with Gasteiger partial charge in [-0.1, -0.05) is 18.2 Å². The summed E-state index contributed by atoms with van der Waals surface area (Å²) in [5, 5.41) is 12.9. The van der Waals surface area contributed by atoms with Crippen molar-refractivity contribution in [1.82, 2.24) is 15.0 Å². The van der Waals surface area contributed by atoms with Crippen molar-refractivity contribution in [2.75, 3.05) is 17.7 Å². The van der Waals surface area contributed by atoms with Crippen LogP contribution in [0.3, 0.4) is 0 Å². The molecule has 0 unspecified atom stereocenters. The van der Waals surface area contributed by atoms with Crippen LogP contribution in [0.2, 0.25) is 0 Å². The van der Waals surface area contributed by atoms with E-state index in [0.29, 0.717) is 0 Å². The molecule has 2 amide bonds. The number of anilines is 2. The van der Waals surface area contributed by atoms with Crippen LogP contribution in [0, 0.1) is 6.92 Å². The molecule has 0 aliphatic carbocycles. The van der Waals surface area contributed by atoms with Crippen molar-refractivity contribution in [3.63, 3.8) is 0 Å². The van der Waals surface area contributed by atoms with E-state index in [9.17, 15) is 9.59 Å². The number of amides is 2. The maximum absolute atomic E-state index is 11.9. The average molecular weight is 289 g/mol. The molecule has 8 nitrogen and oxygen atoms in total. The number of nitrogens with zero attached hydrogens (tertiary/aromatic N) is 3. The maximum atomic E-state index is 11.9. The molecule has 110 valence electrons. The number of carbonyl (C=O) groups excluding carboxylic acids is 2. The number of aromatic nitrogens is 3. The Balaban J connectivity index is 1.94. The first-order valence-electron chi connectivity index (χ1n) is 6.19. The zero-order valence-electron chi connectivity index (χ0n) is 11.7. The van der Waals surface area contributed by atoms with Gasteiger partial charge in [0.25, 0.3) is 0 Å². The van der Waals surface area contributed by atoms with Gasteiger partial charge in [0.15, 0.2) is 5.82 Å². The van der Waals surface area contributed by atoms with Gasteiger partial charge in [-0.3, -0.25) is 10.1 Å². The SMILES string of the molecule is COC(=O)Nc1cnn(CC(=O)Nc2ccccc2C)n1. The lowest BCUT2D eigenvalue weighted by Gasteiger charge is -2.07. The fourth-order valence-electron chi connectivity index (χ4n) is 1.62. The number of para-hydroxylation sites is 1. The van der Waals surface area contributed by atoms with E-state index in [1.165, 1.54) is 18.1 Å². The largest absolute Gasteiger partial charge is 0.453 e. The fraction of sp³-hybridized carbons (Fsp3) is 0.231. The molecular weight excluding hydrogens is 274 g/mol. The number of hydrogen-bond donors (Lipinski definition) is 2. The number of methoxy groups -OCH3 is 1. The Labute approximate surface area is 121 Å². The average Bonchev–Trinajstić information content (AvgIpc) is 2.88. The topological polar surface area (TPSA) is 98.1 Å². The minimum atomic E-state index is -0.647. The lowest BCUT2D eigenvalue weighted by molar-refractivity contribution is -0.117. The Morgan fingerprint density at radius 1 is 1.29 bits per heavy atom. The Bertz CT molecular complexity index is 653. The molecule has 0 fully saturated rings. The number of aryl methyl sites for hydroxylation is 1. The molecule has 0 bridgehead atoms. The third-order valence-electron chi connectivity index (χ3n) is 2.66. The van der Waals surface area contributed by atoms with Crippen molar-refractivity contribution in [3.8, 4) is 0 Å². The molecule has 0 aliphatic rings. The standard InChI is InChI=1S/C13H15N5O3/c1-9-5-3-4-6-10(9)15-12(19)8-18-14-7-11(17-18)16-13(20)21-2/h3-7H,8H2,1-2H3,(H,15,19)(H,16,17,20). The summed E-state index contributed by atoms with van der Waals surface area (Å²) in [7, 11) is 1.25. The molecule has 2 N–H and O–H groups in total. The van der Waals surface area contributed by atoms with Gasteiger partial charge in [0.1, 0.15) is 6.54 Å². The minimum Gasteiger partial charge on any atom is -0.453 e. The molecule has 1 heterocycles. The zero-order chi connectivity index (χ0) is 15.2. The summed E-state index contributed by atoms with van der Waals surface area (Å²) in [5.74, 6) is -0.0462. The lowest BCUT2D eigenvalue weighted by Crippen LogP contribution is -2.21. The number of benzene rings is 1. The van der Waals surface area contributed by atoms with Crippen molar-refractivity contribution >= 4 is 23.5 Å². The van der Waals surface area contributed by atoms with Crippen molar-refractivity contribution in [2.45, 2.75) is 13.5 Å². The highest BCUT2D eigenvalue weighted by molar-refractivity contribution is 5.91. The molecule has 2 rings (SSSR count). The number of carbonyl (C=O) groups is 2. The highest BCUT2D eigenvalue weighted by atomic mass is 16.5. The fourth-order valence-corrected chi connectivity index (χ4v) is 1.62. The van der Waals surface area contributed by atoms with Crippen LogP contribution in [0.5, 0.6) is 0 Å². The number of ether oxygens (including phenoxy) is 1. The summed E-state index contributed by atoms with van der Waals surface area (Å²) in [4.78, 5) is 24.1. The quantitative estimate of drug-likeness (QED) is 0.886. The Morgan fingerprint density at radius 2 is 2.05 bits per heavy atom. The summed E-state index contributed by atoms with van der Waals surface area (Å²) < 4.78 is 4.43. The van der Waals surface area contributed by atoms with Crippen LogP contribution in [0.15, 0.2) is 30.5 Å². The third kappa shape index (κ3) is 4.03. The summed E-state index contributed by atoms with van der Waals surface area (Å²) in [6.07, 6.45) is 0.684. The predicted octanol–water partition coefficient (Wildman–Crippen LogP) is 1.40. The Hall–Kier alpha value is -2.90. The molecule has 0 saturated heterocycles. The minimum absolute atomic E-state index is 0.0583. The van der Waals surface area contributed by atoms with Crippen LogP contribution in [0.1, 0.15) is 5.56 Å². The van der Waals surface area contributed by atoms with E-state index in [4.69, 9.17) is 0 Å². The van der Waals surface area contributed by atoms with Crippen LogP contribution in [0.4, 0.5) is 16.3 Å². The summed E-state index contributed by atoms with van der Waals surface area (Å²) >= 11 is 0. The van der Waals surface area contributed by atoms with Gasteiger partial charge in [-0.25, -0.2) is 4.79 Å². The first-order chi connectivity index (χ1) is 10.1. The molecule has 2 aromatic rings. The molecule has 21 heavy (non-hydrogen) atoms. The van der Waals surface area contributed by atoms with Gasteiger partial charge in [0.05, 0.1) is 13.3 Å². The van der Waals surface area contributed by atoms with E-state index >= 15 is 0 Å². The second-order valence-electron chi connectivity index (χ2n) is 4.24. The van der Waals surface area contributed by atoms with Crippen LogP contribution in [0.25, 0.3) is 0 Å². The molecule has 0 atom stereocenters. The van der Waals surface area contributed by atoms with Crippen molar-refractivity contribution in [3.05, 3.63) is 36.0 Å². The molecule has 8 heteroatoms. The molecule has 1 aromatic carbocycles. The van der Waals surface area contributed by atoms with Crippen molar-refractivity contribution < 1.29 is 14.3 Å². The van der Waals surface area contributed by atoms with Gasteiger partial charge in [-0.15, -0.1) is 5.10 Å². The summed E-state index contributed by atoms with van der Waals surface area (Å²) in [6, 6.07) is 7.45. The van der Waals surface area contributed by atoms with Gasteiger partial charge in [-0.2, -0.15) is 9.90 Å². The van der Waals surface area contributed by atoms with E-state index in [1.54, 1.807) is 0 Å². The Kier molecular flexibility index (Phi) is 4.50. The summed E-state index contributed by atoms with van der Waals surface area (Å²) in [5.41, 5.74) is 1.70. The second kappa shape index (κ2) is 6.51. The van der Waals surface area contributed by atoms with E-state index in [0.717, 1.165) is 11.3 Å². The number of hydrogen-bond acceptors (Lipinski definition) is 5.